The van der Waals surface area contributed by atoms with Crippen molar-refractivity contribution in [1.82, 2.24) is 14.8 Å². The number of aromatic nitrogens is 3. The van der Waals surface area contributed by atoms with E-state index in [9.17, 15) is 0 Å². The van der Waals surface area contributed by atoms with Gasteiger partial charge in [-0.2, -0.15) is 0 Å². The van der Waals surface area contributed by atoms with E-state index in [0.717, 1.165) is 18.1 Å². The highest BCUT2D eigenvalue weighted by atomic mass is 15.3. The Hall–Kier alpha value is -0.900. The van der Waals surface area contributed by atoms with Crippen molar-refractivity contribution in [3.63, 3.8) is 0 Å². The van der Waals surface area contributed by atoms with Crippen molar-refractivity contribution < 1.29 is 0 Å². The lowest BCUT2D eigenvalue weighted by molar-refractivity contribution is 0.410. The molecule has 15 heavy (non-hydrogen) atoms. The van der Waals surface area contributed by atoms with Gasteiger partial charge in [-0.25, -0.2) is 0 Å². The first-order valence-corrected chi connectivity index (χ1v) is 5.66. The number of nitrogens with two attached hydrogens (primary N) is 1. The number of rotatable bonds is 4. The molecule has 2 unspecified atom stereocenters. The summed E-state index contributed by atoms with van der Waals surface area (Å²) in [5.41, 5.74) is 6.18. The summed E-state index contributed by atoms with van der Waals surface area (Å²) in [6.07, 6.45) is 1.06. The molecule has 4 heteroatoms. The Kier molecular flexibility index (Phi) is 3.85. The van der Waals surface area contributed by atoms with E-state index < -0.39 is 0 Å². The summed E-state index contributed by atoms with van der Waals surface area (Å²) in [6.45, 7) is 10.5. The largest absolute Gasteiger partial charge is 0.321 e. The van der Waals surface area contributed by atoms with Crippen LogP contribution >= 0.6 is 0 Å². The van der Waals surface area contributed by atoms with Crippen molar-refractivity contribution in [3.8, 4) is 0 Å². The van der Waals surface area contributed by atoms with Crippen molar-refractivity contribution in [3.05, 3.63) is 11.6 Å². The Bertz CT molecular complexity index is 316. The molecule has 0 spiro atoms. The van der Waals surface area contributed by atoms with E-state index in [0.29, 0.717) is 12.0 Å². The summed E-state index contributed by atoms with van der Waals surface area (Å²) < 4.78 is 2.12. The Morgan fingerprint density at radius 3 is 2.33 bits per heavy atom. The van der Waals surface area contributed by atoms with Gasteiger partial charge < -0.3 is 10.3 Å². The monoisotopic (exact) mass is 210 g/mol. The fraction of sp³-hybridized carbons (Fsp3) is 0.818. The highest BCUT2D eigenvalue weighted by Gasteiger charge is 2.21. The topological polar surface area (TPSA) is 56.7 Å². The minimum absolute atomic E-state index is 0.0152. The molecule has 0 amide bonds. The van der Waals surface area contributed by atoms with Gasteiger partial charge in [0, 0.05) is 6.04 Å². The van der Waals surface area contributed by atoms with Crippen LogP contribution in [0.1, 0.15) is 57.8 Å². The zero-order chi connectivity index (χ0) is 11.6. The first-order valence-electron chi connectivity index (χ1n) is 5.66. The smallest absolute Gasteiger partial charge is 0.150 e. The van der Waals surface area contributed by atoms with Crippen molar-refractivity contribution >= 4 is 0 Å². The normalized spacial score (nSPS) is 15.7. The van der Waals surface area contributed by atoms with Gasteiger partial charge in [0.2, 0.25) is 0 Å². The first kappa shape index (κ1) is 12.2. The second-order valence-corrected chi connectivity index (χ2v) is 4.48. The van der Waals surface area contributed by atoms with E-state index in [4.69, 9.17) is 5.73 Å². The molecule has 0 radical (unpaired) electrons. The van der Waals surface area contributed by atoms with Crippen molar-refractivity contribution in [2.75, 3.05) is 0 Å². The molecular formula is C11H22N4. The van der Waals surface area contributed by atoms with E-state index in [2.05, 4.69) is 42.5 Å². The summed E-state index contributed by atoms with van der Waals surface area (Å²) in [4.78, 5) is 0. The third kappa shape index (κ3) is 2.37. The second-order valence-electron chi connectivity index (χ2n) is 4.48. The van der Waals surface area contributed by atoms with Gasteiger partial charge in [0.15, 0.2) is 0 Å². The maximum Gasteiger partial charge on any atom is 0.150 e. The highest BCUT2D eigenvalue weighted by Crippen LogP contribution is 2.23. The fourth-order valence-electron chi connectivity index (χ4n) is 1.76. The average molecular weight is 210 g/mol. The third-order valence-electron chi connectivity index (χ3n) is 2.96. The van der Waals surface area contributed by atoms with Crippen LogP contribution in [0.25, 0.3) is 0 Å². The molecule has 1 rings (SSSR count). The lowest BCUT2D eigenvalue weighted by Gasteiger charge is -2.20. The maximum atomic E-state index is 6.18. The fourth-order valence-corrected chi connectivity index (χ4v) is 1.76. The molecule has 0 aliphatic heterocycles. The molecule has 0 aliphatic carbocycles. The molecule has 86 valence electrons. The number of nitrogens with zero attached hydrogens (tertiary/aromatic N) is 3. The van der Waals surface area contributed by atoms with E-state index in [1.807, 2.05) is 6.92 Å². The van der Waals surface area contributed by atoms with Gasteiger partial charge in [0.25, 0.3) is 0 Å². The zero-order valence-corrected chi connectivity index (χ0v) is 10.4. The summed E-state index contributed by atoms with van der Waals surface area (Å²) in [7, 11) is 0. The molecular weight excluding hydrogens is 188 g/mol. The van der Waals surface area contributed by atoms with Gasteiger partial charge in [-0.1, -0.05) is 20.3 Å². The summed E-state index contributed by atoms with van der Waals surface area (Å²) in [6, 6.07) is 0.351. The molecule has 0 aromatic carbocycles. The minimum atomic E-state index is -0.0152. The van der Waals surface area contributed by atoms with Crippen molar-refractivity contribution in [2.24, 2.45) is 11.7 Å². The number of aryl methyl sites for hydroxylation is 1. The van der Waals surface area contributed by atoms with Crippen LogP contribution in [0.2, 0.25) is 0 Å². The molecule has 2 atom stereocenters. The first-order chi connectivity index (χ1) is 6.99. The Balaban J connectivity index is 3.03. The van der Waals surface area contributed by atoms with E-state index >= 15 is 0 Å². The van der Waals surface area contributed by atoms with Gasteiger partial charge in [-0.15, -0.1) is 10.2 Å². The summed E-state index contributed by atoms with van der Waals surface area (Å²) >= 11 is 0. The average Bonchev–Trinajstić information content (AvgIpc) is 2.57. The van der Waals surface area contributed by atoms with Crippen LogP contribution in [0.5, 0.6) is 0 Å². The number of hydrogen-bond acceptors (Lipinski definition) is 3. The predicted octanol–water partition coefficient (Wildman–Crippen LogP) is 2.21. The van der Waals surface area contributed by atoms with Gasteiger partial charge in [-0.05, 0) is 26.7 Å². The Morgan fingerprint density at radius 1 is 1.27 bits per heavy atom. The molecule has 0 fully saturated rings. The van der Waals surface area contributed by atoms with Crippen molar-refractivity contribution in [2.45, 2.75) is 53.1 Å². The molecule has 4 nitrogen and oxygen atoms in total. The lowest BCUT2D eigenvalue weighted by Crippen LogP contribution is -2.24. The van der Waals surface area contributed by atoms with Crippen LogP contribution in [0.4, 0.5) is 0 Å². The Labute approximate surface area is 91.9 Å². The highest BCUT2D eigenvalue weighted by molar-refractivity contribution is 5.02. The SMILES string of the molecule is CCC(C)C(N)c1nnc(C)n1C(C)C. The molecule has 1 aromatic heterocycles. The van der Waals surface area contributed by atoms with E-state index in [-0.39, 0.29) is 6.04 Å². The molecule has 0 bridgehead atoms. The van der Waals surface area contributed by atoms with Crippen LogP contribution < -0.4 is 5.73 Å². The van der Waals surface area contributed by atoms with E-state index in [1.54, 1.807) is 0 Å². The molecule has 2 N–H and O–H groups in total. The second kappa shape index (κ2) is 4.75. The van der Waals surface area contributed by atoms with E-state index in [1.165, 1.54) is 0 Å². The number of hydrogen-bond donors (Lipinski definition) is 1. The zero-order valence-electron chi connectivity index (χ0n) is 10.4. The van der Waals surface area contributed by atoms with Gasteiger partial charge in [-0.3, -0.25) is 0 Å². The van der Waals surface area contributed by atoms with Gasteiger partial charge in [0.05, 0.1) is 6.04 Å². The van der Waals surface area contributed by atoms with Crippen LogP contribution in [0, 0.1) is 12.8 Å². The molecule has 1 aromatic rings. The van der Waals surface area contributed by atoms with Crippen LogP contribution in [-0.2, 0) is 0 Å². The van der Waals surface area contributed by atoms with Gasteiger partial charge >= 0.3 is 0 Å². The summed E-state index contributed by atoms with van der Waals surface area (Å²) in [5.74, 6) is 2.29. The van der Waals surface area contributed by atoms with Crippen molar-refractivity contribution in [1.29, 1.82) is 0 Å². The Morgan fingerprint density at radius 2 is 1.87 bits per heavy atom. The molecule has 1 heterocycles. The molecule has 0 aliphatic rings. The molecule has 0 saturated heterocycles. The minimum Gasteiger partial charge on any atom is -0.321 e. The third-order valence-corrected chi connectivity index (χ3v) is 2.96. The van der Waals surface area contributed by atoms with Gasteiger partial charge in [0.1, 0.15) is 11.6 Å². The predicted molar refractivity (Wildman–Crippen MR) is 61.5 cm³/mol. The van der Waals surface area contributed by atoms with Crippen LogP contribution in [0.15, 0.2) is 0 Å². The maximum absolute atomic E-state index is 6.18. The lowest BCUT2D eigenvalue weighted by atomic mass is 9.99. The van der Waals surface area contributed by atoms with Crippen LogP contribution in [-0.4, -0.2) is 14.8 Å². The molecule has 0 saturated carbocycles. The standard InChI is InChI=1S/C11H22N4/c1-6-8(4)10(12)11-14-13-9(5)15(11)7(2)3/h7-8,10H,6,12H2,1-5H3. The quantitative estimate of drug-likeness (QED) is 0.829. The van der Waals surface area contributed by atoms with Crippen LogP contribution in [0.3, 0.4) is 0 Å². The summed E-state index contributed by atoms with van der Waals surface area (Å²) in [5, 5.41) is 8.30.